The van der Waals surface area contributed by atoms with Gasteiger partial charge in [-0.3, -0.25) is 4.68 Å². The molecule has 1 aliphatic heterocycles. The van der Waals surface area contributed by atoms with Crippen molar-refractivity contribution in [3.63, 3.8) is 0 Å². The van der Waals surface area contributed by atoms with Crippen LogP contribution in [0.15, 0.2) is 12.3 Å². The molecular weight excluding hydrogens is 272 g/mol. The SMILES string of the molecule is CC1CCC(C)N1c1nn(C(C)C)c2cc(Cl)ncc12. The maximum Gasteiger partial charge on any atom is 0.160 e. The summed E-state index contributed by atoms with van der Waals surface area (Å²) >= 11 is 6.06. The van der Waals surface area contributed by atoms with Gasteiger partial charge < -0.3 is 4.90 Å². The number of hydrogen-bond acceptors (Lipinski definition) is 3. The highest BCUT2D eigenvalue weighted by Gasteiger charge is 2.31. The normalized spacial score (nSPS) is 23.2. The minimum atomic E-state index is 0.304. The molecular formula is C15H21ClN4. The zero-order chi connectivity index (χ0) is 14.4. The Morgan fingerprint density at radius 1 is 1.25 bits per heavy atom. The molecule has 3 heterocycles. The van der Waals surface area contributed by atoms with Crippen molar-refractivity contribution in [2.24, 2.45) is 0 Å². The number of fused-ring (bicyclic) bond motifs is 1. The van der Waals surface area contributed by atoms with E-state index in [-0.39, 0.29) is 0 Å². The first-order valence-corrected chi connectivity index (χ1v) is 7.69. The Bertz CT molecular complexity index is 624. The van der Waals surface area contributed by atoms with Gasteiger partial charge in [0.2, 0.25) is 0 Å². The van der Waals surface area contributed by atoms with Crippen molar-refractivity contribution < 1.29 is 0 Å². The summed E-state index contributed by atoms with van der Waals surface area (Å²) in [6.07, 6.45) is 4.30. The number of nitrogens with zero attached hydrogens (tertiary/aromatic N) is 4. The highest BCUT2D eigenvalue weighted by Crippen LogP contribution is 2.35. The highest BCUT2D eigenvalue weighted by molar-refractivity contribution is 6.30. The molecule has 0 aliphatic carbocycles. The van der Waals surface area contributed by atoms with Crippen LogP contribution in [0.5, 0.6) is 0 Å². The predicted molar refractivity (Wildman–Crippen MR) is 83.6 cm³/mol. The molecule has 1 saturated heterocycles. The van der Waals surface area contributed by atoms with Crippen molar-refractivity contribution in [2.75, 3.05) is 4.90 Å². The summed E-state index contributed by atoms with van der Waals surface area (Å²) in [6.45, 7) is 8.82. The van der Waals surface area contributed by atoms with Crippen LogP contribution in [0.25, 0.3) is 10.9 Å². The van der Waals surface area contributed by atoms with Crippen LogP contribution in [0.2, 0.25) is 5.15 Å². The van der Waals surface area contributed by atoms with Crippen LogP contribution in [0.1, 0.15) is 46.6 Å². The van der Waals surface area contributed by atoms with Gasteiger partial charge in [-0.05, 0) is 40.5 Å². The molecule has 2 aromatic rings. The second-order valence-electron chi connectivity index (χ2n) is 6.07. The quantitative estimate of drug-likeness (QED) is 0.783. The lowest BCUT2D eigenvalue weighted by atomic mass is 10.2. The molecule has 3 rings (SSSR count). The molecule has 108 valence electrons. The molecule has 0 aromatic carbocycles. The van der Waals surface area contributed by atoms with Gasteiger partial charge in [-0.2, -0.15) is 5.10 Å². The smallest absolute Gasteiger partial charge is 0.160 e. The van der Waals surface area contributed by atoms with E-state index < -0.39 is 0 Å². The fraction of sp³-hybridized carbons (Fsp3) is 0.600. The highest BCUT2D eigenvalue weighted by atomic mass is 35.5. The molecule has 20 heavy (non-hydrogen) atoms. The van der Waals surface area contributed by atoms with E-state index in [1.54, 1.807) is 0 Å². The number of hydrogen-bond donors (Lipinski definition) is 0. The summed E-state index contributed by atoms with van der Waals surface area (Å²) < 4.78 is 2.05. The molecule has 1 aliphatic rings. The van der Waals surface area contributed by atoms with Crippen LogP contribution < -0.4 is 4.90 Å². The van der Waals surface area contributed by atoms with E-state index in [0.717, 1.165) is 16.7 Å². The maximum absolute atomic E-state index is 6.06. The van der Waals surface area contributed by atoms with Gasteiger partial charge >= 0.3 is 0 Å². The summed E-state index contributed by atoms with van der Waals surface area (Å²) in [7, 11) is 0. The first-order valence-electron chi connectivity index (χ1n) is 7.31. The maximum atomic E-state index is 6.06. The van der Waals surface area contributed by atoms with Gasteiger partial charge in [-0.25, -0.2) is 4.98 Å². The second-order valence-corrected chi connectivity index (χ2v) is 6.46. The van der Waals surface area contributed by atoms with Crippen molar-refractivity contribution in [1.29, 1.82) is 0 Å². The van der Waals surface area contributed by atoms with Gasteiger partial charge in [0.1, 0.15) is 5.15 Å². The minimum absolute atomic E-state index is 0.304. The molecule has 2 aromatic heterocycles. The Morgan fingerprint density at radius 3 is 2.50 bits per heavy atom. The van der Waals surface area contributed by atoms with Gasteiger partial charge in [0.15, 0.2) is 5.82 Å². The Balaban J connectivity index is 2.21. The lowest BCUT2D eigenvalue weighted by Crippen LogP contribution is -2.33. The van der Waals surface area contributed by atoms with Gasteiger partial charge in [-0.1, -0.05) is 11.6 Å². The fourth-order valence-electron chi connectivity index (χ4n) is 3.19. The topological polar surface area (TPSA) is 34.0 Å². The van der Waals surface area contributed by atoms with Crippen molar-refractivity contribution in [2.45, 2.75) is 58.7 Å². The van der Waals surface area contributed by atoms with Gasteiger partial charge in [0.25, 0.3) is 0 Å². The summed E-state index contributed by atoms with van der Waals surface area (Å²) in [6, 6.07) is 3.27. The number of halogens is 1. The third-order valence-corrected chi connectivity index (χ3v) is 4.43. The van der Waals surface area contributed by atoms with Crippen LogP contribution in [0.3, 0.4) is 0 Å². The Kier molecular flexibility index (Phi) is 3.36. The van der Waals surface area contributed by atoms with Crippen molar-refractivity contribution in [3.05, 3.63) is 17.4 Å². The lowest BCUT2D eigenvalue weighted by Gasteiger charge is -2.26. The zero-order valence-electron chi connectivity index (χ0n) is 12.5. The summed E-state index contributed by atoms with van der Waals surface area (Å²) in [5.74, 6) is 1.05. The molecule has 2 atom stereocenters. The van der Waals surface area contributed by atoms with Gasteiger partial charge in [-0.15, -0.1) is 0 Å². The average molecular weight is 293 g/mol. The molecule has 2 unspecified atom stereocenters. The number of pyridine rings is 1. The van der Waals surface area contributed by atoms with Crippen LogP contribution in [0.4, 0.5) is 5.82 Å². The van der Waals surface area contributed by atoms with E-state index in [1.165, 1.54) is 12.8 Å². The van der Waals surface area contributed by atoms with Gasteiger partial charge in [0, 0.05) is 30.4 Å². The van der Waals surface area contributed by atoms with E-state index in [4.69, 9.17) is 16.7 Å². The van der Waals surface area contributed by atoms with Crippen molar-refractivity contribution in [1.82, 2.24) is 14.8 Å². The number of rotatable bonds is 2. The van der Waals surface area contributed by atoms with E-state index in [2.05, 4.69) is 42.3 Å². The van der Waals surface area contributed by atoms with E-state index in [9.17, 15) is 0 Å². The summed E-state index contributed by atoms with van der Waals surface area (Å²) in [4.78, 5) is 6.67. The Labute approximate surface area is 124 Å². The molecule has 4 nitrogen and oxygen atoms in total. The van der Waals surface area contributed by atoms with E-state index in [1.807, 2.05) is 12.3 Å². The first-order chi connectivity index (χ1) is 9.49. The summed E-state index contributed by atoms with van der Waals surface area (Å²) in [5, 5.41) is 6.48. The minimum Gasteiger partial charge on any atom is -0.349 e. The van der Waals surface area contributed by atoms with E-state index >= 15 is 0 Å². The van der Waals surface area contributed by atoms with Crippen LogP contribution in [0, 0.1) is 0 Å². The largest absolute Gasteiger partial charge is 0.349 e. The number of anilines is 1. The second kappa shape index (κ2) is 4.92. The predicted octanol–water partition coefficient (Wildman–Crippen LogP) is 4.04. The van der Waals surface area contributed by atoms with Crippen LogP contribution in [-0.4, -0.2) is 26.8 Å². The third-order valence-electron chi connectivity index (χ3n) is 4.22. The van der Waals surface area contributed by atoms with Crippen LogP contribution in [-0.2, 0) is 0 Å². The van der Waals surface area contributed by atoms with Crippen molar-refractivity contribution in [3.8, 4) is 0 Å². The Morgan fingerprint density at radius 2 is 1.90 bits per heavy atom. The third kappa shape index (κ3) is 2.06. The monoisotopic (exact) mass is 292 g/mol. The molecule has 1 fully saturated rings. The van der Waals surface area contributed by atoms with Crippen LogP contribution >= 0.6 is 11.6 Å². The average Bonchev–Trinajstić information content (AvgIpc) is 2.90. The standard InChI is InChI=1S/C15H21ClN4/c1-9(2)20-13-7-14(16)17-8-12(13)15(18-20)19-10(3)5-6-11(19)4/h7-11H,5-6H2,1-4H3. The molecule has 0 radical (unpaired) electrons. The zero-order valence-corrected chi connectivity index (χ0v) is 13.2. The molecule has 0 bridgehead atoms. The molecule has 0 saturated carbocycles. The van der Waals surface area contributed by atoms with Gasteiger partial charge in [0.05, 0.1) is 10.9 Å². The van der Waals surface area contributed by atoms with Crippen molar-refractivity contribution >= 4 is 28.3 Å². The Hall–Kier alpha value is -1.29. The summed E-state index contributed by atoms with van der Waals surface area (Å²) in [5.41, 5.74) is 1.07. The first kappa shape index (κ1) is 13.7. The fourth-order valence-corrected chi connectivity index (χ4v) is 3.34. The number of aromatic nitrogens is 3. The molecule has 0 amide bonds. The molecule has 0 N–H and O–H groups in total. The van der Waals surface area contributed by atoms with E-state index in [0.29, 0.717) is 23.3 Å². The lowest BCUT2D eigenvalue weighted by molar-refractivity contribution is 0.544. The molecule has 0 spiro atoms. The molecule has 5 heteroatoms.